The smallest absolute Gasteiger partial charge is 0.244 e. The Kier molecular flexibility index (Phi) is 8.29. The second-order valence-corrected chi connectivity index (χ2v) is 9.21. The lowest BCUT2D eigenvalue weighted by molar-refractivity contribution is -0.120. The maximum atomic E-state index is 12.2. The fraction of sp³-hybridized carbons (Fsp3) is 0.167. The fourth-order valence-corrected chi connectivity index (χ4v) is 4.58. The van der Waals surface area contributed by atoms with E-state index in [9.17, 15) is 4.79 Å². The van der Waals surface area contributed by atoms with Gasteiger partial charge in [-0.05, 0) is 80.6 Å². The first-order chi connectivity index (χ1) is 14.8. The van der Waals surface area contributed by atoms with Gasteiger partial charge in [-0.1, -0.05) is 53.6 Å². The molecule has 0 saturated heterocycles. The molecular weight excluding hydrogens is 544 g/mol. The average molecular weight is 565 g/mol. The maximum absolute atomic E-state index is 12.2. The number of nitrogens with zero attached hydrogens (tertiary/aromatic N) is 1. The summed E-state index contributed by atoms with van der Waals surface area (Å²) in [6, 6.07) is 17.4. The zero-order chi connectivity index (χ0) is 22.4. The van der Waals surface area contributed by atoms with Crippen LogP contribution < -0.4 is 10.2 Å². The highest BCUT2D eigenvalue weighted by Gasteiger charge is 2.10. The van der Waals surface area contributed by atoms with Gasteiger partial charge in [-0.15, -0.1) is 0 Å². The number of ether oxygens (including phenoxy) is 1. The molecule has 3 rings (SSSR count). The molecule has 0 saturated carbocycles. The molecule has 1 N–H and O–H groups in total. The second kappa shape index (κ2) is 10.9. The molecule has 0 aromatic heterocycles. The molecule has 7 heteroatoms. The van der Waals surface area contributed by atoms with Crippen LogP contribution in [0, 0.1) is 13.8 Å². The highest BCUT2D eigenvalue weighted by atomic mass is 79.9. The lowest BCUT2D eigenvalue weighted by Gasteiger charge is -2.12. The highest BCUT2D eigenvalue weighted by molar-refractivity contribution is 9.11. The molecule has 0 unspecified atom stereocenters. The zero-order valence-corrected chi connectivity index (χ0v) is 21.0. The molecule has 0 radical (unpaired) electrons. The number of carbonyl (C=O) groups is 1. The van der Waals surface area contributed by atoms with Crippen LogP contribution in [-0.4, -0.2) is 12.1 Å². The molecule has 0 aliphatic carbocycles. The molecule has 0 bridgehead atoms. The van der Waals surface area contributed by atoms with Gasteiger partial charge in [0, 0.05) is 10.6 Å². The Labute approximate surface area is 203 Å². The van der Waals surface area contributed by atoms with E-state index in [0.29, 0.717) is 17.4 Å². The summed E-state index contributed by atoms with van der Waals surface area (Å²) < 4.78 is 7.45. The molecule has 3 aromatic rings. The highest BCUT2D eigenvalue weighted by Crippen LogP contribution is 2.35. The summed E-state index contributed by atoms with van der Waals surface area (Å²) in [5.41, 5.74) is 7.51. The van der Waals surface area contributed by atoms with Gasteiger partial charge in [0.2, 0.25) is 5.91 Å². The van der Waals surface area contributed by atoms with Gasteiger partial charge >= 0.3 is 0 Å². The van der Waals surface area contributed by atoms with Crippen molar-refractivity contribution in [1.82, 2.24) is 5.43 Å². The largest absolute Gasteiger partial charge is 0.486 e. The number of hydrazone groups is 1. The number of benzene rings is 3. The lowest BCUT2D eigenvalue weighted by atomic mass is 10.0. The minimum atomic E-state index is -0.164. The van der Waals surface area contributed by atoms with Gasteiger partial charge in [-0.2, -0.15) is 5.10 Å². The minimum Gasteiger partial charge on any atom is -0.486 e. The summed E-state index contributed by atoms with van der Waals surface area (Å²) in [5, 5.41) is 4.74. The van der Waals surface area contributed by atoms with Crippen LogP contribution in [0.1, 0.15) is 27.8 Å². The van der Waals surface area contributed by atoms with Crippen molar-refractivity contribution in [2.45, 2.75) is 26.9 Å². The summed E-state index contributed by atoms with van der Waals surface area (Å²) in [7, 11) is 0. The molecule has 4 nitrogen and oxygen atoms in total. The zero-order valence-electron chi connectivity index (χ0n) is 17.1. The maximum Gasteiger partial charge on any atom is 0.244 e. The van der Waals surface area contributed by atoms with Crippen LogP contribution in [0.5, 0.6) is 5.75 Å². The molecule has 0 heterocycles. The Bertz CT molecular complexity index is 1110. The number of hydrogen-bond acceptors (Lipinski definition) is 3. The molecule has 0 spiro atoms. The average Bonchev–Trinajstić information content (AvgIpc) is 2.71. The van der Waals surface area contributed by atoms with Gasteiger partial charge in [-0.3, -0.25) is 4.79 Å². The second-order valence-electron chi connectivity index (χ2n) is 7.09. The summed E-state index contributed by atoms with van der Waals surface area (Å²) >= 11 is 13.3. The Balaban J connectivity index is 1.61. The first-order valence-electron chi connectivity index (χ1n) is 9.57. The quantitative estimate of drug-likeness (QED) is 0.255. The Hall–Kier alpha value is -2.15. The number of carbonyl (C=O) groups excluding carboxylic acids is 1. The van der Waals surface area contributed by atoms with Crippen LogP contribution in [0.25, 0.3) is 0 Å². The number of halogens is 3. The van der Waals surface area contributed by atoms with Crippen LogP contribution in [0.15, 0.2) is 68.6 Å². The minimum absolute atomic E-state index is 0.164. The topological polar surface area (TPSA) is 50.7 Å². The van der Waals surface area contributed by atoms with Gasteiger partial charge in [0.25, 0.3) is 0 Å². The van der Waals surface area contributed by atoms with Crippen LogP contribution in [0.3, 0.4) is 0 Å². The van der Waals surface area contributed by atoms with E-state index < -0.39 is 0 Å². The van der Waals surface area contributed by atoms with Crippen molar-refractivity contribution in [3.63, 3.8) is 0 Å². The van der Waals surface area contributed by atoms with E-state index in [1.165, 1.54) is 0 Å². The van der Waals surface area contributed by atoms with E-state index in [1.807, 2.05) is 68.4 Å². The van der Waals surface area contributed by atoms with E-state index >= 15 is 0 Å². The Morgan fingerprint density at radius 3 is 2.48 bits per heavy atom. The molecule has 0 fully saturated rings. The predicted octanol–water partition coefficient (Wildman–Crippen LogP) is 6.75. The third kappa shape index (κ3) is 6.66. The number of aryl methyl sites for hydroxylation is 2. The van der Waals surface area contributed by atoms with Crippen LogP contribution in [-0.2, 0) is 17.8 Å². The Morgan fingerprint density at radius 1 is 1.06 bits per heavy atom. The molecule has 0 aliphatic heterocycles. The van der Waals surface area contributed by atoms with E-state index in [1.54, 1.807) is 6.21 Å². The molecule has 160 valence electrons. The number of rotatable bonds is 7. The molecule has 0 atom stereocenters. The SMILES string of the molecule is Cc1ccc(C)c(CC(=O)N/N=C/c2cc(Br)c(OCc3ccccc3Cl)c(Br)c2)c1. The first kappa shape index (κ1) is 23.5. The summed E-state index contributed by atoms with van der Waals surface area (Å²) in [4.78, 5) is 12.2. The standard InChI is InChI=1S/C24H21Br2ClN2O2/c1-15-7-8-16(2)19(9-15)12-23(30)29-28-13-17-10-20(25)24(21(26)11-17)31-14-18-5-3-4-6-22(18)27/h3-11,13H,12,14H2,1-2H3,(H,29,30)/b28-13+. The van der Waals surface area contributed by atoms with Crippen LogP contribution in [0.2, 0.25) is 5.02 Å². The van der Waals surface area contributed by atoms with Gasteiger partial charge in [0.1, 0.15) is 12.4 Å². The molecule has 3 aromatic carbocycles. The van der Waals surface area contributed by atoms with E-state index in [4.69, 9.17) is 16.3 Å². The third-order valence-corrected chi connectivity index (χ3v) is 6.16. The van der Waals surface area contributed by atoms with Crippen molar-refractivity contribution < 1.29 is 9.53 Å². The van der Waals surface area contributed by atoms with Crippen LogP contribution in [0.4, 0.5) is 0 Å². The van der Waals surface area contributed by atoms with Gasteiger partial charge in [-0.25, -0.2) is 5.43 Å². The molecular formula is C24H21Br2ClN2O2. The van der Waals surface area contributed by atoms with Crippen molar-refractivity contribution in [1.29, 1.82) is 0 Å². The van der Waals surface area contributed by atoms with Crippen molar-refractivity contribution in [2.24, 2.45) is 5.10 Å². The normalized spacial score (nSPS) is 11.0. The number of hydrogen-bond donors (Lipinski definition) is 1. The third-order valence-electron chi connectivity index (χ3n) is 4.61. The number of nitrogens with one attached hydrogen (secondary N) is 1. The van der Waals surface area contributed by atoms with E-state index in [-0.39, 0.29) is 12.3 Å². The van der Waals surface area contributed by atoms with E-state index in [0.717, 1.165) is 36.8 Å². The van der Waals surface area contributed by atoms with Crippen LogP contribution >= 0.6 is 43.5 Å². The van der Waals surface area contributed by atoms with Crippen molar-refractivity contribution in [3.05, 3.63) is 96.4 Å². The molecule has 31 heavy (non-hydrogen) atoms. The molecule has 0 aliphatic rings. The molecule has 1 amide bonds. The van der Waals surface area contributed by atoms with Gasteiger partial charge < -0.3 is 4.74 Å². The monoisotopic (exact) mass is 562 g/mol. The lowest BCUT2D eigenvalue weighted by Crippen LogP contribution is -2.20. The van der Waals surface area contributed by atoms with E-state index in [2.05, 4.69) is 42.4 Å². The van der Waals surface area contributed by atoms with Crippen molar-refractivity contribution in [2.75, 3.05) is 0 Å². The fourth-order valence-electron chi connectivity index (χ4n) is 2.94. The predicted molar refractivity (Wildman–Crippen MR) is 133 cm³/mol. The van der Waals surface area contributed by atoms with Gasteiger partial charge in [0.05, 0.1) is 21.6 Å². The number of amides is 1. The first-order valence-corrected chi connectivity index (χ1v) is 11.5. The summed E-state index contributed by atoms with van der Waals surface area (Å²) in [6.07, 6.45) is 1.88. The Morgan fingerprint density at radius 2 is 1.77 bits per heavy atom. The summed E-state index contributed by atoms with van der Waals surface area (Å²) in [5.74, 6) is 0.499. The van der Waals surface area contributed by atoms with Crippen molar-refractivity contribution >= 4 is 55.6 Å². The summed E-state index contributed by atoms with van der Waals surface area (Å²) in [6.45, 7) is 4.35. The van der Waals surface area contributed by atoms with Crippen molar-refractivity contribution in [3.8, 4) is 5.75 Å². The van der Waals surface area contributed by atoms with Gasteiger partial charge in [0.15, 0.2) is 0 Å².